The van der Waals surface area contributed by atoms with E-state index >= 15 is 0 Å². The van der Waals surface area contributed by atoms with Crippen molar-refractivity contribution in [2.75, 3.05) is 0 Å². The van der Waals surface area contributed by atoms with Gasteiger partial charge in [0, 0.05) is 12.3 Å². The number of hydrogen-bond donors (Lipinski definition) is 1. The van der Waals surface area contributed by atoms with Crippen LogP contribution in [0.1, 0.15) is 27.8 Å². The van der Waals surface area contributed by atoms with Gasteiger partial charge in [-0.2, -0.15) is 0 Å². The van der Waals surface area contributed by atoms with Crippen LogP contribution >= 0.6 is 0 Å². The second-order valence-corrected chi connectivity index (χ2v) is 3.22. The van der Waals surface area contributed by atoms with Crippen LogP contribution in [-0.2, 0) is 0 Å². The first-order chi connectivity index (χ1) is 7.08. The molecule has 2 aromatic rings. The van der Waals surface area contributed by atoms with Crippen molar-refractivity contribution in [2.45, 2.75) is 6.92 Å². The Bertz CT molecular complexity index is 539. The molecular formula is C11H8O4. The smallest absolute Gasteiger partial charge is 0.335 e. The Morgan fingerprint density at radius 2 is 2.00 bits per heavy atom. The van der Waals surface area contributed by atoms with E-state index in [0.29, 0.717) is 5.58 Å². The lowest BCUT2D eigenvalue weighted by atomic mass is 10.1. The normalized spacial score (nSPS) is 10.5. The fourth-order valence-corrected chi connectivity index (χ4v) is 1.34. The minimum absolute atomic E-state index is 0.145. The average molecular weight is 204 g/mol. The van der Waals surface area contributed by atoms with Crippen LogP contribution in [0.15, 0.2) is 28.7 Å². The van der Waals surface area contributed by atoms with Gasteiger partial charge in [0.25, 0.3) is 0 Å². The van der Waals surface area contributed by atoms with Crippen molar-refractivity contribution in [1.82, 2.24) is 0 Å². The van der Waals surface area contributed by atoms with Gasteiger partial charge >= 0.3 is 5.97 Å². The molecule has 2 rings (SSSR count). The summed E-state index contributed by atoms with van der Waals surface area (Å²) in [6.07, 6.45) is 0. The summed E-state index contributed by atoms with van der Waals surface area (Å²) in [7, 11) is 0. The molecule has 1 heterocycles. The second kappa shape index (κ2) is 3.24. The quantitative estimate of drug-likeness (QED) is 0.762. The summed E-state index contributed by atoms with van der Waals surface area (Å²) in [6.45, 7) is 1.40. The van der Waals surface area contributed by atoms with Gasteiger partial charge in [0.15, 0.2) is 11.5 Å². The zero-order valence-electron chi connectivity index (χ0n) is 7.98. The number of Topliss-reactive ketones (excluding diaryl/α,β-unsaturated/α-hetero) is 1. The number of carbonyl (C=O) groups is 2. The highest BCUT2D eigenvalue weighted by Gasteiger charge is 2.10. The van der Waals surface area contributed by atoms with Crippen LogP contribution in [-0.4, -0.2) is 16.9 Å². The maximum atomic E-state index is 11.0. The number of rotatable bonds is 2. The molecule has 0 aliphatic heterocycles. The molecular weight excluding hydrogens is 196 g/mol. The van der Waals surface area contributed by atoms with Gasteiger partial charge in [-0.25, -0.2) is 4.79 Å². The molecule has 76 valence electrons. The van der Waals surface area contributed by atoms with Crippen molar-refractivity contribution in [3.63, 3.8) is 0 Å². The van der Waals surface area contributed by atoms with E-state index in [-0.39, 0.29) is 17.1 Å². The van der Waals surface area contributed by atoms with Crippen LogP contribution in [0.5, 0.6) is 0 Å². The first-order valence-corrected chi connectivity index (χ1v) is 4.36. The Morgan fingerprint density at radius 1 is 1.27 bits per heavy atom. The third-order valence-corrected chi connectivity index (χ3v) is 2.11. The number of benzene rings is 1. The monoisotopic (exact) mass is 204 g/mol. The van der Waals surface area contributed by atoms with Crippen molar-refractivity contribution in [3.05, 3.63) is 35.6 Å². The zero-order valence-corrected chi connectivity index (χ0v) is 7.98. The lowest BCUT2D eigenvalue weighted by molar-refractivity contribution is 0.0696. The van der Waals surface area contributed by atoms with Crippen LogP contribution in [0.25, 0.3) is 11.0 Å². The third kappa shape index (κ3) is 1.61. The standard InChI is InChI=1S/C11H8O4/c1-6(12)9-4-7-2-3-8(11(13)14)5-10(7)15-9/h2-5H,1H3,(H,13,14). The van der Waals surface area contributed by atoms with E-state index < -0.39 is 5.97 Å². The molecule has 0 amide bonds. The molecule has 0 aliphatic carbocycles. The minimum atomic E-state index is -1.02. The van der Waals surface area contributed by atoms with Crippen LogP contribution in [0.2, 0.25) is 0 Å². The highest BCUT2D eigenvalue weighted by atomic mass is 16.4. The molecule has 0 saturated carbocycles. The van der Waals surface area contributed by atoms with E-state index in [1.807, 2.05) is 0 Å². The largest absolute Gasteiger partial charge is 0.478 e. The predicted molar refractivity (Wildman–Crippen MR) is 53.2 cm³/mol. The van der Waals surface area contributed by atoms with Gasteiger partial charge in [-0.05, 0) is 18.2 Å². The number of carboxylic acid groups (broad SMARTS) is 1. The van der Waals surface area contributed by atoms with Gasteiger partial charge in [-0.3, -0.25) is 4.79 Å². The zero-order chi connectivity index (χ0) is 11.0. The van der Waals surface area contributed by atoms with Crippen LogP contribution < -0.4 is 0 Å². The number of carboxylic acids is 1. The molecule has 4 nitrogen and oxygen atoms in total. The first-order valence-electron chi connectivity index (χ1n) is 4.36. The molecule has 0 atom stereocenters. The molecule has 4 heteroatoms. The van der Waals surface area contributed by atoms with E-state index in [0.717, 1.165) is 5.39 Å². The lowest BCUT2D eigenvalue weighted by Crippen LogP contribution is -1.94. The van der Waals surface area contributed by atoms with Gasteiger partial charge in [-0.1, -0.05) is 6.07 Å². The van der Waals surface area contributed by atoms with Gasteiger partial charge < -0.3 is 9.52 Å². The molecule has 0 fully saturated rings. The molecule has 0 unspecified atom stereocenters. The third-order valence-electron chi connectivity index (χ3n) is 2.11. The molecule has 1 aromatic heterocycles. The minimum Gasteiger partial charge on any atom is -0.478 e. The van der Waals surface area contributed by atoms with E-state index in [9.17, 15) is 9.59 Å². The molecule has 1 N–H and O–H groups in total. The van der Waals surface area contributed by atoms with E-state index in [1.165, 1.54) is 19.1 Å². The van der Waals surface area contributed by atoms with E-state index in [1.54, 1.807) is 12.1 Å². The summed E-state index contributed by atoms with van der Waals surface area (Å²) in [5.74, 6) is -0.951. The van der Waals surface area contributed by atoms with Crippen molar-refractivity contribution in [1.29, 1.82) is 0 Å². The summed E-state index contributed by atoms with van der Waals surface area (Å²) in [5, 5.41) is 9.48. The van der Waals surface area contributed by atoms with Crippen LogP contribution in [0, 0.1) is 0 Å². The number of hydrogen-bond acceptors (Lipinski definition) is 3. The number of fused-ring (bicyclic) bond motifs is 1. The molecule has 0 saturated heterocycles. The number of furan rings is 1. The van der Waals surface area contributed by atoms with Gasteiger partial charge in [0.05, 0.1) is 5.56 Å². The summed E-state index contributed by atoms with van der Waals surface area (Å²) in [4.78, 5) is 21.7. The summed E-state index contributed by atoms with van der Waals surface area (Å²) >= 11 is 0. The van der Waals surface area contributed by atoms with Crippen molar-refractivity contribution >= 4 is 22.7 Å². The molecule has 1 aromatic carbocycles. The van der Waals surface area contributed by atoms with Crippen LogP contribution in [0.3, 0.4) is 0 Å². The number of aromatic carboxylic acids is 1. The predicted octanol–water partition coefficient (Wildman–Crippen LogP) is 2.33. The number of ketones is 1. The number of carbonyl (C=O) groups excluding carboxylic acids is 1. The summed E-state index contributed by atoms with van der Waals surface area (Å²) < 4.78 is 5.21. The maximum Gasteiger partial charge on any atom is 0.335 e. The fraction of sp³-hybridized carbons (Fsp3) is 0.0909. The molecule has 15 heavy (non-hydrogen) atoms. The topological polar surface area (TPSA) is 67.5 Å². The maximum absolute atomic E-state index is 11.0. The Labute approximate surface area is 85.1 Å². The van der Waals surface area contributed by atoms with Crippen LogP contribution in [0.4, 0.5) is 0 Å². The molecule has 0 bridgehead atoms. The van der Waals surface area contributed by atoms with E-state index in [2.05, 4.69) is 0 Å². The van der Waals surface area contributed by atoms with Gasteiger partial charge in [0.1, 0.15) is 5.58 Å². The van der Waals surface area contributed by atoms with Gasteiger partial charge in [-0.15, -0.1) is 0 Å². The molecule has 0 radical (unpaired) electrons. The van der Waals surface area contributed by atoms with Gasteiger partial charge in [0.2, 0.25) is 0 Å². The summed E-state index contributed by atoms with van der Waals surface area (Å²) in [6, 6.07) is 6.10. The Hall–Kier alpha value is -2.10. The lowest BCUT2D eigenvalue weighted by Gasteiger charge is -1.92. The average Bonchev–Trinajstić information content (AvgIpc) is 2.59. The first kappa shape index (κ1) is 9.45. The van der Waals surface area contributed by atoms with Crippen molar-refractivity contribution in [2.24, 2.45) is 0 Å². The Kier molecular flexibility index (Phi) is 2.04. The van der Waals surface area contributed by atoms with Crippen molar-refractivity contribution in [3.8, 4) is 0 Å². The Morgan fingerprint density at radius 3 is 2.60 bits per heavy atom. The summed E-state index contributed by atoms with van der Waals surface area (Å²) in [5.41, 5.74) is 0.562. The fourth-order valence-electron chi connectivity index (χ4n) is 1.34. The molecule has 0 aliphatic rings. The highest BCUT2D eigenvalue weighted by molar-refractivity contribution is 5.98. The van der Waals surface area contributed by atoms with Crippen molar-refractivity contribution < 1.29 is 19.1 Å². The molecule has 0 spiro atoms. The SMILES string of the molecule is CC(=O)c1cc2ccc(C(=O)O)cc2o1. The second-order valence-electron chi connectivity index (χ2n) is 3.22. The highest BCUT2D eigenvalue weighted by Crippen LogP contribution is 2.21. The Balaban J connectivity index is 2.62. The van der Waals surface area contributed by atoms with E-state index in [4.69, 9.17) is 9.52 Å².